The Bertz CT molecular complexity index is 496. The first kappa shape index (κ1) is 18.3. The molecule has 0 bridgehead atoms. The van der Waals surface area contributed by atoms with Crippen molar-refractivity contribution in [3.05, 3.63) is 0 Å². The number of fused-ring (bicyclic) bond motifs is 5. The van der Waals surface area contributed by atoms with Gasteiger partial charge < -0.3 is 15.7 Å². The van der Waals surface area contributed by atoms with Crippen LogP contribution in [0.1, 0.15) is 71.6 Å². The predicted octanol–water partition coefficient (Wildman–Crippen LogP) is 3.65. The van der Waals surface area contributed by atoms with E-state index in [1.54, 1.807) is 0 Å². The lowest BCUT2D eigenvalue weighted by molar-refractivity contribution is -0.128. The van der Waals surface area contributed by atoms with E-state index in [-0.39, 0.29) is 6.10 Å². The molecule has 0 aromatic rings. The molecule has 4 fully saturated rings. The topological polar surface area (TPSA) is 49.5 Å². The summed E-state index contributed by atoms with van der Waals surface area (Å²) in [5.74, 6) is 3.54. The summed E-state index contributed by atoms with van der Waals surface area (Å²) in [7, 11) is 2.30. The second-order valence-electron chi connectivity index (χ2n) is 10.5. The Hall–Kier alpha value is -0.120. The van der Waals surface area contributed by atoms with Crippen molar-refractivity contribution in [3.63, 3.8) is 0 Å². The van der Waals surface area contributed by atoms with Crippen LogP contribution in [0.3, 0.4) is 0 Å². The van der Waals surface area contributed by atoms with Crippen molar-refractivity contribution in [1.82, 2.24) is 4.90 Å². The van der Waals surface area contributed by atoms with Crippen molar-refractivity contribution in [2.75, 3.05) is 20.1 Å². The van der Waals surface area contributed by atoms with Gasteiger partial charge in [-0.15, -0.1) is 0 Å². The summed E-state index contributed by atoms with van der Waals surface area (Å²) < 4.78 is 0. The number of rotatable bonds is 3. The summed E-state index contributed by atoms with van der Waals surface area (Å²) in [6.45, 7) is 7.02. The van der Waals surface area contributed by atoms with E-state index in [0.717, 1.165) is 55.6 Å². The molecule has 4 rings (SSSR count). The number of hydrogen-bond donors (Lipinski definition) is 2. The Morgan fingerprint density at radius 2 is 1.68 bits per heavy atom. The largest absolute Gasteiger partial charge is 0.393 e. The Labute approximate surface area is 154 Å². The zero-order valence-corrected chi connectivity index (χ0v) is 16.7. The number of aliphatic hydroxyl groups is 1. The highest BCUT2D eigenvalue weighted by Gasteiger charge is 2.60. The van der Waals surface area contributed by atoms with E-state index >= 15 is 0 Å². The first-order valence-electron chi connectivity index (χ1n) is 11.0. The van der Waals surface area contributed by atoms with E-state index in [1.807, 2.05) is 0 Å². The lowest BCUT2D eigenvalue weighted by Crippen LogP contribution is -2.56. The smallest absolute Gasteiger partial charge is 0.0543 e. The highest BCUT2D eigenvalue weighted by molar-refractivity contribution is 5.11. The van der Waals surface area contributed by atoms with Crippen LogP contribution in [0.15, 0.2) is 0 Å². The fourth-order valence-corrected chi connectivity index (χ4v) is 8.29. The summed E-state index contributed by atoms with van der Waals surface area (Å²) >= 11 is 0. The van der Waals surface area contributed by atoms with Crippen LogP contribution >= 0.6 is 0 Å². The third-order valence-corrected chi connectivity index (χ3v) is 9.60. The third kappa shape index (κ3) is 2.72. The minimum Gasteiger partial charge on any atom is -0.393 e. The summed E-state index contributed by atoms with van der Waals surface area (Å²) in [4.78, 5) is 2.57. The van der Waals surface area contributed by atoms with Crippen LogP contribution in [-0.4, -0.2) is 42.3 Å². The van der Waals surface area contributed by atoms with Gasteiger partial charge in [0.25, 0.3) is 0 Å². The maximum absolute atomic E-state index is 10.2. The van der Waals surface area contributed by atoms with Crippen LogP contribution < -0.4 is 5.73 Å². The summed E-state index contributed by atoms with van der Waals surface area (Å²) in [5, 5.41) is 10.2. The highest BCUT2D eigenvalue weighted by Crippen LogP contribution is 2.66. The molecule has 0 radical (unpaired) electrons. The van der Waals surface area contributed by atoms with Gasteiger partial charge >= 0.3 is 0 Å². The monoisotopic (exact) mass is 348 g/mol. The normalized spacial score (nSPS) is 52.6. The van der Waals surface area contributed by atoms with Gasteiger partial charge in [-0.05, 0) is 99.3 Å². The fourth-order valence-electron chi connectivity index (χ4n) is 8.29. The molecule has 3 nitrogen and oxygen atoms in total. The van der Waals surface area contributed by atoms with Crippen LogP contribution in [0.4, 0.5) is 0 Å². The molecule has 4 aliphatic rings. The molecular weight excluding hydrogens is 308 g/mol. The first-order valence-corrected chi connectivity index (χ1v) is 11.0. The molecule has 0 heterocycles. The maximum Gasteiger partial charge on any atom is 0.0543 e. The van der Waals surface area contributed by atoms with Gasteiger partial charge in [0, 0.05) is 19.1 Å². The number of hydrogen-bond acceptors (Lipinski definition) is 3. The van der Waals surface area contributed by atoms with E-state index in [0.29, 0.717) is 10.8 Å². The second-order valence-corrected chi connectivity index (χ2v) is 10.5. The van der Waals surface area contributed by atoms with Crippen molar-refractivity contribution in [2.24, 2.45) is 40.2 Å². The molecule has 0 unspecified atom stereocenters. The van der Waals surface area contributed by atoms with E-state index < -0.39 is 0 Å². The van der Waals surface area contributed by atoms with Gasteiger partial charge in [0.15, 0.2) is 0 Å². The van der Waals surface area contributed by atoms with Gasteiger partial charge in [0.1, 0.15) is 0 Å². The first-order chi connectivity index (χ1) is 11.9. The molecule has 144 valence electrons. The molecule has 0 amide bonds. The van der Waals surface area contributed by atoms with Gasteiger partial charge in [-0.2, -0.15) is 0 Å². The third-order valence-electron chi connectivity index (χ3n) is 9.60. The summed E-state index contributed by atoms with van der Waals surface area (Å²) in [6, 6.07) is 0.737. The van der Waals surface area contributed by atoms with Crippen molar-refractivity contribution in [2.45, 2.75) is 83.8 Å². The molecule has 4 saturated carbocycles. The number of likely N-dealkylation sites (N-methyl/N-ethyl adjacent to an activating group) is 1. The molecule has 3 heteroatoms. The van der Waals surface area contributed by atoms with Gasteiger partial charge in [0.05, 0.1) is 6.10 Å². The average molecular weight is 349 g/mol. The van der Waals surface area contributed by atoms with Gasteiger partial charge in [0.2, 0.25) is 0 Å². The zero-order chi connectivity index (χ0) is 17.8. The molecule has 0 spiro atoms. The number of aliphatic hydroxyl groups excluding tert-OH is 1. The van der Waals surface area contributed by atoms with Crippen LogP contribution in [0.2, 0.25) is 0 Å². The van der Waals surface area contributed by atoms with Crippen molar-refractivity contribution >= 4 is 0 Å². The molecule has 0 aromatic heterocycles. The second kappa shape index (κ2) is 6.49. The van der Waals surface area contributed by atoms with E-state index in [1.165, 1.54) is 44.9 Å². The predicted molar refractivity (Wildman–Crippen MR) is 103 cm³/mol. The van der Waals surface area contributed by atoms with E-state index in [4.69, 9.17) is 5.73 Å². The molecule has 0 aromatic carbocycles. The molecule has 4 aliphatic carbocycles. The standard InChI is InChI=1S/C22H40N2O/c1-21-10-8-16(25)14-15(21)4-5-17-18-6-7-20(24(3)13-12-23)22(18,2)11-9-19(17)21/h15-20,25H,4-14,23H2,1-3H3/t15-,16+,17+,18+,19-,20-,21-,22-/m0/s1. The fraction of sp³-hybridized carbons (Fsp3) is 1.00. The van der Waals surface area contributed by atoms with Crippen LogP contribution in [-0.2, 0) is 0 Å². The van der Waals surface area contributed by atoms with Gasteiger partial charge in [-0.25, -0.2) is 0 Å². The Morgan fingerprint density at radius 3 is 2.44 bits per heavy atom. The molecular formula is C22H40N2O. The molecule has 8 atom stereocenters. The Kier molecular flexibility index (Phi) is 4.74. The van der Waals surface area contributed by atoms with Crippen LogP contribution in [0, 0.1) is 34.5 Å². The van der Waals surface area contributed by atoms with Crippen molar-refractivity contribution in [3.8, 4) is 0 Å². The average Bonchev–Trinajstić information content (AvgIpc) is 2.93. The Balaban J connectivity index is 1.56. The molecule has 0 aliphatic heterocycles. The molecule has 0 saturated heterocycles. The quantitative estimate of drug-likeness (QED) is 0.818. The number of nitrogens with two attached hydrogens (primary N) is 1. The molecule has 25 heavy (non-hydrogen) atoms. The van der Waals surface area contributed by atoms with Crippen LogP contribution in [0.5, 0.6) is 0 Å². The van der Waals surface area contributed by atoms with E-state index in [9.17, 15) is 5.11 Å². The van der Waals surface area contributed by atoms with Crippen molar-refractivity contribution in [1.29, 1.82) is 0 Å². The minimum absolute atomic E-state index is 0.0238. The SMILES string of the molecule is CN(CCN)[C@H]1CC[C@@H]2[C@H]3CC[C@H]4C[C@H](O)CC[C@]4(C)[C@H]3CC[C@@]21C. The lowest BCUT2D eigenvalue weighted by Gasteiger charge is -2.61. The highest BCUT2D eigenvalue weighted by atomic mass is 16.3. The zero-order valence-electron chi connectivity index (χ0n) is 16.7. The maximum atomic E-state index is 10.2. The van der Waals surface area contributed by atoms with Crippen LogP contribution in [0.25, 0.3) is 0 Å². The van der Waals surface area contributed by atoms with Gasteiger partial charge in [-0.1, -0.05) is 13.8 Å². The molecule has 3 N–H and O–H groups in total. The summed E-state index contributed by atoms with van der Waals surface area (Å²) in [5.41, 5.74) is 6.86. The Morgan fingerprint density at radius 1 is 0.960 bits per heavy atom. The van der Waals surface area contributed by atoms with E-state index in [2.05, 4.69) is 25.8 Å². The summed E-state index contributed by atoms with van der Waals surface area (Å²) in [6.07, 6.45) is 11.8. The van der Waals surface area contributed by atoms with Gasteiger partial charge in [-0.3, -0.25) is 0 Å². The number of nitrogens with zero attached hydrogens (tertiary/aromatic N) is 1. The minimum atomic E-state index is -0.0238. The van der Waals surface area contributed by atoms with Crippen molar-refractivity contribution < 1.29 is 5.11 Å². The lowest BCUT2D eigenvalue weighted by atomic mass is 9.45.